The summed E-state index contributed by atoms with van der Waals surface area (Å²) >= 11 is 0. The van der Waals surface area contributed by atoms with Crippen molar-refractivity contribution in [3.8, 4) is 5.75 Å². The minimum absolute atomic E-state index is 0.115. The van der Waals surface area contributed by atoms with Gasteiger partial charge in [0.1, 0.15) is 5.75 Å². The van der Waals surface area contributed by atoms with Gasteiger partial charge in [-0.15, -0.1) is 0 Å². The van der Waals surface area contributed by atoms with E-state index < -0.39 is 16.1 Å². The Labute approximate surface area is 205 Å². The molecule has 0 aromatic heterocycles. The third-order valence-electron chi connectivity index (χ3n) is 6.17. The summed E-state index contributed by atoms with van der Waals surface area (Å²) in [6, 6.07) is 26.1. The average Bonchev–Trinajstić information content (AvgIpc) is 2.86. The number of benzene rings is 4. The van der Waals surface area contributed by atoms with E-state index in [9.17, 15) is 13.2 Å². The lowest BCUT2D eigenvalue weighted by Gasteiger charge is -2.35. The molecule has 0 radical (unpaired) electrons. The van der Waals surface area contributed by atoms with Crippen molar-refractivity contribution in [2.45, 2.75) is 31.4 Å². The first-order chi connectivity index (χ1) is 16.8. The Bertz CT molecular complexity index is 1510. The van der Waals surface area contributed by atoms with Crippen LogP contribution in [0.4, 0.5) is 5.69 Å². The van der Waals surface area contributed by atoms with Crippen molar-refractivity contribution >= 4 is 32.4 Å². The number of sulfonamides is 1. The van der Waals surface area contributed by atoms with Crippen LogP contribution in [0, 0.1) is 13.8 Å². The van der Waals surface area contributed by atoms with E-state index in [2.05, 4.69) is 5.32 Å². The molecular weight excluding hydrogens is 460 g/mol. The largest absolute Gasteiger partial charge is 0.476 e. The maximum absolute atomic E-state index is 13.6. The second-order valence-corrected chi connectivity index (χ2v) is 10.7. The standard InChI is InChI=1S/C28H26N2O4S/c1-19-7-12-24(13-8-19)35(32,33)30-18-27(34-26-14-9-20(2)15-25(26)30)28(31)29-17-21-10-11-22-5-3-4-6-23(22)16-21/h3-16,27H,17-18H2,1-2H3,(H,29,31)/t27-/m1/s1. The molecule has 4 aromatic rings. The molecule has 1 aliphatic heterocycles. The summed E-state index contributed by atoms with van der Waals surface area (Å²) in [5.41, 5.74) is 3.25. The average molecular weight is 487 g/mol. The van der Waals surface area contributed by atoms with Crippen LogP contribution in [0.3, 0.4) is 0 Å². The normalized spacial score (nSPS) is 15.4. The van der Waals surface area contributed by atoms with Gasteiger partial charge >= 0.3 is 0 Å². The van der Waals surface area contributed by atoms with Gasteiger partial charge in [0.15, 0.2) is 6.10 Å². The Morgan fingerprint density at radius 3 is 2.40 bits per heavy atom. The Morgan fingerprint density at radius 1 is 0.914 bits per heavy atom. The van der Waals surface area contributed by atoms with Crippen molar-refractivity contribution in [3.63, 3.8) is 0 Å². The molecule has 1 aliphatic rings. The van der Waals surface area contributed by atoms with Gasteiger partial charge in [0.05, 0.1) is 17.1 Å². The van der Waals surface area contributed by atoms with Gasteiger partial charge < -0.3 is 10.1 Å². The molecule has 0 saturated heterocycles. The van der Waals surface area contributed by atoms with Gasteiger partial charge in [-0.3, -0.25) is 9.10 Å². The predicted octanol–water partition coefficient (Wildman–Crippen LogP) is 4.73. The number of aryl methyl sites for hydroxylation is 2. The fourth-order valence-corrected chi connectivity index (χ4v) is 5.68. The summed E-state index contributed by atoms with van der Waals surface area (Å²) < 4.78 is 34.4. The minimum atomic E-state index is -3.89. The van der Waals surface area contributed by atoms with Crippen molar-refractivity contribution in [2.75, 3.05) is 10.8 Å². The van der Waals surface area contributed by atoms with Crippen LogP contribution in [0.5, 0.6) is 5.75 Å². The van der Waals surface area contributed by atoms with Crippen LogP contribution in [0.1, 0.15) is 16.7 Å². The third-order valence-corrected chi connectivity index (χ3v) is 7.96. The molecule has 7 heteroatoms. The van der Waals surface area contributed by atoms with E-state index in [-0.39, 0.29) is 17.3 Å². The lowest BCUT2D eigenvalue weighted by Crippen LogP contribution is -2.50. The molecule has 5 rings (SSSR count). The predicted molar refractivity (Wildman–Crippen MR) is 137 cm³/mol. The van der Waals surface area contributed by atoms with Gasteiger partial charge in [-0.05, 0) is 66.1 Å². The Balaban J connectivity index is 1.40. The number of rotatable bonds is 5. The summed E-state index contributed by atoms with van der Waals surface area (Å²) in [6.45, 7) is 3.99. The number of fused-ring (bicyclic) bond motifs is 2. The topological polar surface area (TPSA) is 75.7 Å². The number of nitrogens with one attached hydrogen (secondary N) is 1. The molecular formula is C28H26N2O4S. The highest BCUT2D eigenvalue weighted by Crippen LogP contribution is 2.37. The van der Waals surface area contributed by atoms with Crippen molar-refractivity contribution in [3.05, 3.63) is 102 Å². The number of nitrogens with zero attached hydrogens (tertiary/aromatic N) is 1. The molecule has 0 aliphatic carbocycles. The fourth-order valence-electron chi connectivity index (χ4n) is 4.21. The molecule has 0 unspecified atom stereocenters. The summed E-state index contributed by atoms with van der Waals surface area (Å²) in [5, 5.41) is 5.13. The van der Waals surface area contributed by atoms with Gasteiger partial charge in [0.25, 0.3) is 15.9 Å². The van der Waals surface area contributed by atoms with Crippen molar-refractivity contribution in [1.29, 1.82) is 0 Å². The van der Waals surface area contributed by atoms with Crippen LogP contribution >= 0.6 is 0 Å². The molecule has 1 atom stereocenters. The first-order valence-corrected chi connectivity index (χ1v) is 12.9. The molecule has 1 N–H and O–H groups in total. The van der Waals surface area contributed by atoms with E-state index in [0.717, 1.165) is 27.5 Å². The van der Waals surface area contributed by atoms with Crippen molar-refractivity contribution < 1.29 is 17.9 Å². The summed E-state index contributed by atoms with van der Waals surface area (Å²) in [5.74, 6) is -0.00289. The fraction of sp³-hybridized carbons (Fsp3) is 0.179. The third kappa shape index (κ3) is 4.59. The number of hydrogen-bond donors (Lipinski definition) is 1. The molecule has 1 amide bonds. The SMILES string of the molecule is Cc1ccc(S(=O)(=O)N2C[C@H](C(=O)NCc3ccc4ccccc4c3)Oc3ccc(C)cc32)cc1. The van der Waals surface area contributed by atoms with Crippen LogP contribution in [0.25, 0.3) is 10.8 Å². The van der Waals surface area contributed by atoms with E-state index in [1.54, 1.807) is 36.4 Å². The maximum atomic E-state index is 13.6. The zero-order valence-electron chi connectivity index (χ0n) is 19.6. The number of carbonyl (C=O) groups excluding carboxylic acids is 1. The molecule has 6 nitrogen and oxygen atoms in total. The van der Waals surface area contributed by atoms with E-state index in [1.807, 2.05) is 62.4 Å². The van der Waals surface area contributed by atoms with Crippen LogP contribution < -0.4 is 14.4 Å². The maximum Gasteiger partial charge on any atom is 0.264 e. The summed E-state index contributed by atoms with van der Waals surface area (Å²) in [6.07, 6.45) is -0.981. The van der Waals surface area contributed by atoms with Crippen LogP contribution in [0.15, 0.2) is 89.8 Å². The van der Waals surface area contributed by atoms with Gasteiger partial charge in [-0.25, -0.2) is 8.42 Å². The molecule has 4 aromatic carbocycles. The molecule has 0 fully saturated rings. The van der Waals surface area contributed by atoms with Gasteiger partial charge in [0, 0.05) is 6.54 Å². The highest BCUT2D eigenvalue weighted by molar-refractivity contribution is 7.92. The van der Waals surface area contributed by atoms with E-state index in [0.29, 0.717) is 18.0 Å². The zero-order valence-corrected chi connectivity index (χ0v) is 20.4. The number of amides is 1. The van der Waals surface area contributed by atoms with Crippen molar-refractivity contribution in [2.24, 2.45) is 0 Å². The lowest BCUT2D eigenvalue weighted by atomic mass is 10.1. The van der Waals surface area contributed by atoms with Crippen LogP contribution in [-0.4, -0.2) is 27.0 Å². The quantitative estimate of drug-likeness (QED) is 0.443. The zero-order chi connectivity index (χ0) is 24.6. The first kappa shape index (κ1) is 22.9. The Morgan fingerprint density at radius 2 is 1.63 bits per heavy atom. The summed E-state index contributed by atoms with van der Waals surface area (Å²) in [7, 11) is -3.89. The van der Waals surface area contributed by atoms with E-state index >= 15 is 0 Å². The molecule has 1 heterocycles. The monoisotopic (exact) mass is 486 g/mol. The number of hydrogen-bond acceptors (Lipinski definition) is 4. The van der Waals surface area contributed by atoms with Crippen LogP contribution in [0.2, 0.25) is 0 Å². The molecule has 35 heavy (non-hydrogen) atoms. The Hall–Kier alpha value is -3.84. The summed E-state index contributed by atoms with van der Waals surface area (Å²) in [4.78, 5) is 13.3. The Kier molecular flexibility index (Phi) is 5.94. The lowest BCUT2D eigenvalue weighted by molar-refractivity contribution is -0.127. The second kappa shape index (κ2) is 9.07. The van der Waals surface area contributed by atoms with Crippen molar-refractivity contribution in [1.82, 2.24) is 5.32 Å². The van der Waals surface area contributed by atoms with Gasteiger partial charge in [-0.2, -0.15) is 0 Å². The molecule has 0 bridgehead atoms. The number of carbonyl (C=O) groups is 1. The number of ether oxygens (including phenoxy) is 1. The smallest absolute Gasteiger partial charge is 0.264 e. The number of anilines is 1. The highest BCUT2D eigenvalue weighted by Gasteiger charge is 2.37. The first-order valence-electron chi connectivity index (χ1n) is 11.4. The molecule has 178 valence electrons. The second-order valence-electron chi connectivity index (χ2n) is 8.83. The van der Waals surface area contributed by atoms with Gasteiger partial charge in [-0.1, -0.05) is 60.2 Å². The van der Waals surface area contributed by atoms with Crippen LogP contribution in [-0.2, 0) is 21.4 Å². The minimum Gasteiger partial charge on any atom is -0.476 e. The van der Waals surface area contributed by atoms with E-state index in [1.165, 1.54) is 4.31 Å². The van der Waals surface area contributed by atoms with Gasteiger partial charge in [0.2, 0.25) is 0 Å². The highest BCUT2D eigenvalue weighted by atomic mass is 32.2. The molecule has 0 saturated carbocycles. The molecule has 0 spiro atoms. The van der Waals surface area contributed by atoms with E-state index in [4.69, 9.17) is 4.74 Å².